The van der Waals surface area contributed by atoms with Crippen LogP contribution in [0.15, 0.2) is 60.9 Å². The van der Waals surface area contributed by atoms with E-state index in [0.29, 0.717) is 66.0 Å². The highest BCUT2D eigenvalue weighted by atomic mass is 35.5. The van der Waals surface area contributed by atoms with Gasteiger partial charge < -0.3 is 29.4 Å². The molecule has 3 atom stereocenters. The minimum atomic E-state index is -0.426. The fourth-order valence-electron chi connectivity index (χ4n) is 6.58. The predicted octanol–water partition coefficient (Wildman–Crippen LogP) is 6.83. The van der Waals surface area contributed by atoms with Gasteiger partial charge in [0.25, 0.3) is 0 Å². The van der Waals surface area contributed by atoms with Crippen molar-refractivity contribution >= 4 is 11.6 Å². The zero-order valence-corrected chi connectivity index (χ0v) is 25.9. The second-order valence-corrected chi connectivity index (χ2v) is 12.2. The van der Waals surface area contributed by atoms with Crippen LogP contribution in [0.25, 0.3) is 11.1 Å². The van der Waals surface area contributed by atoms with E-state index in [1.165, 1.54) is 6.20 Å². The number of pyridine rings is 1. The summed E-state index contributed by atoms with van der Waals surface area (Å²) in [6.45, 7) is 1.35. The molecule has 4 aromatic rings. The molecule has 0 spiro atoms. The highest BCUT2D eigenvalue weighted by Gasteiger charge is 2.30. The van der Waals surface area contributed by atoms with Crippen LogP contribution in [0.3, 0.4) is 0 Å². The third kappa shape index (κ3) is 6.08. The van der Waals surface area contributed by atoms with Crippen LogP contribution in [0.1, 0.15) is 59.6 Å². The number of halogens is 2. The van der Waals surface area contributed by atoms with E-state index in [1.807, 2.05) is 24.3 Å². The molecule has 0 bridgehead atoms. The number of nitrogens with zero attached hydrogens (tertiary/aromatic N) is 2. The molecule has 1 aliphatic heterocycles. The summed E-state index contributed by atoms with van der Waals surface area (Å²) in [7, 11) is 0. The van der Waals surface area contributed by atoms with Crippen LogP contribution in [0.4, 0.5) is 4.39 Å². The molecule has 0 amide bonds. The summed E-state index contributed by atoms with van der Waals surface area (Å²) in [6, 6.07) is 16.8. The van der Waals surface area contributed by atoms with E-state index >= 15 is 4.39 Å². The van der Waals surface area contributed by atoms with Gasteiger partial charge in [-0.05, 0) is 73.1 Å². The minimum absolute atomic E-state index is 0.00212. The van der Waals surface area contributed by atoms with Gasteiger partial charge in [0.1, 0.15) is 43.5 Å². The number of benzene rings is 3. The monoisotopic (exact) mass is 641 g/mol. The summed E-state index contributed by atoms with van der Waals surface area (Å²) in [4.78, 5) is 4.14. The third-order valence-corrected chi connectivity index (χ3v) is 9.19. The van der Waals surface area contributed by atoms with Crippen molar-refractivity contribution in [3.63, 3.8) is 0 Å². The number of aliphatic hydroxyl groups is 1. The van der Waals surface area contributed by atoms with E-state index in [2.05, 4.69) is 16.4 Å². The van der Waals surface area contributed by atoms with Crippen molar-refractivity contribution in [1.82, 2.24) is 10.3 Å². The zero-order valence-electron chi connectivity index (χ0n) is 25.1. The quantitative estimate of drug-likeness (QED) is 0.205. The SMILES string of the molecule is N#Cc1cncc(COc2cc(O[C@H]3CCc4c(-c5ccc6c(c5F)OCCO6)cccc43)c(Cl)cc2CN[C@@H]2CCC[C@H]2O)c1. The van der Waals surface area contributed by atoms with Crippen LogP contribution >= 0.6 is 11.6 Å². The fraction of sp³-hybridized carbons (Fsp3) is 0.333. The molecule has 0 unspecified atom stereocenters. The Morgan fingerprint density at radius 3 is 2.78 bits per heavy atom. The van der Waals surface area contributed by atoms with Gasteiger partial charge in [-0.2, -0.15) is 5.26 Å². The minimum Gasteiger partial charge on any atom is -0.488 e. The lowest BCUT2D eigenvalue weighted by Gasteiger charge is -2.22. The fourth-order valence-corrected chi connectivity index (χ4v) is 6.81. The normalized spacial score (nSPS) is 19.8. The van der Waals surface area contributed by atoms with E-state index in [9.17, 15) is 10.4 Å². The van der Waals surface area contributed by atoms with Crippen molar-refractivity contribution in [2.75, 3.05) is 13.2 Å². The molecule has 3 aliphatic rings. The number of aliphatic hydroxyl groups excluding tert-OH is 1. The van der Waals surface area contributed by atoms with Gasteiger partial charge in [0.2, 0.25) is 0 Å². The smallest absolute Gasteiger partial charge is 0.197 e. The second kappa shape index (κ2) is 13.2. The Hall–Kier alpha value is -4.36. The summed E-state index contributed by atoms with van der Waals surface area (Å²) in [5.74, 6) is 1.19. The van der Waals surface area contributed by atoms with Crippen molar-refractivity contribution < 1.29 is 28.4 Å². The van der Waals surface area contributed by atoms with E-state index in [0.717, 1.165) is 47.1 Å². The van der Waals surface area contributed by atoms with Gasteiger partial charge in [-0.1, -0.05) is 29.8 Å². The predicted molar refractivity (Wildman–Crippen MR) is 170 cm³/mol. The van der Waals surface area contributed by atoms with Crippen LogP contribution < -0.4 is 24.3 Å². The molecule has 46 heavy (non-hydrogen) atoms. The molecule has 10 heteroatoms. The van der Waals surface area contributed by atoms with Crippen molar-refractivity contribution in [2.45, 2.75) is 63.5 Å². The number of nitrogens with one attached hydrogen (secondary N) is 1. The highest BCUT2D eigenvalue weighted by molar-refractivity contribution is 6.32. The van der Waals surface area contributed by atoms with Gasteiger partial charge in [-0.15, -0.1) is 0 Å². The second-order valence-electron chi connectivity index (χ2n) is 11.8. The van der Waals surface area contributed by atoms with Crippen LogP contribution in [0, 0.1) is 17.1 Å². The van der Waals surface area contributed by atoms with Gasteiger partial charge in [0, 0.05) is 47.7 Å². The van der Waals surface area contributed by atoms with Crippen molar-refractivity contribution in [2.24, 2.45) is 0 Å². The molecular formula is C36H33ClFN3O5. The molecule has 236 valence electrons. The Balaban J connectivity index is 1.16. The molecule has 8 nitrogen and oxygen atoms in total. The largest absolute Gasteiger partial charge is 0.488 e. The summed E-state index contributed by atoms with van der Waals surface area (Å²) in [5.41, 5.74) is 5.30. The van der Waals surface area contributed by atoms with E-state index in [4.69, 9.17) is 30.5 Å². The number of aromatic nitrogens is 1. The maximum Gasteiger partial charge on any atom is 0.197 e. The Morgan fingerprint density at radius 2 is 1.93 bits per heavy atom. The number of fused-ring (bicyclic) bond motifs is 2. The van der Waals surface area contributed by atoms with Crippen molar-refractivity contribution in [3.8, 4) is 40.2 Å². The lowest BCUT2D eigenvalue weighted by atomic mass is 9.96. The molecular weight excluding hydrogens is 609 g/mol. The van der Waals surface area contributed by atoms with E-state index < -0.39 is 5.82 Å². The molecule has 1 fully saturated rings. The van der Waals surface area contributed by atoms with E-state index in [-0.39, 0.29) is 30.6 Å². The Kier molecular flexibility index (Phi) is 8.67. The Bertz CT molecular complexity index is 1810. The van der Waals surface area contributed by atoms with Crippen LogP contribution in [-0.2, 0) is 19.6 Å². The molecule has 3 aromatic carbocycles. The first-order valence-electron chi connectivity index (χ1n) is 15.6. The molecule has 0 saturated heterocycles. The number of hydrogen-bond donors (Lipinski definition) is 2. The molecule has 2 heterocycles. The number of nitriles is 1. The lowest BCUT2D eigenvalue weighted by molar-refractivity contribution is 0.148. The first kappa shape index (κ1) is 30.3. The van der Waals surface area contributed by atoms with Crippen LogP contribution in [0.2, 0.25) is 5.02 Å². The van der Waals surface area contributed by atoms with Gasteiger partial charge in [-0.25, -0.2) is 4.39 Å². The van der Waals surface area contributed by atoms with E-state index in [1.54, 1.807) is 30.5 Å². The van der Waals surface area contributed by atoms with Crippen LogP contribution in [0.5, 0.6) is 23.0 Å². The number of ether oxygens (including phenoxy) is 4. The summed E-state index contributed by atoms with van der Waals surface area (Å²) >= 11 is 6.82. The molecule has 7 rings (SSSR count). The first-order chi connectivity index (χ1) is 22.5. The molecule has 0 radical (unpaired) electrons. The maximum absolute atomic E-state index is 15.6. The van der Waals surface area contributed by atoms with Gasteiger partial charge in [-0.3, -0.25) is 4.98 Å². The van der Waals surface area contributed by atoms with Gasteiger partial charge >= 0.3 is 0 Å². The molecule has 1 saturated carbocycles. The Labute approximate surface area is 271 Å². The van der Waals surface area contributed by atoms with Crippen molar-refractivity contribution in [1.29, 1.82) is 5.26 Å². The average molecular weight is 642 g/mol. The topological polar surface area (TPSA) is 106 Å². The van der Waals surface area contributed by atoms with Crippen molar-refractivity contribution in [3.05, 3.63) is 99.6 Å². The molecule has 1 aromatic heterocycles. The summed E-state index contributed by atoms with van der Waals surface area (Å²) in [5, 5.41) is 23.5. The standard InChI is InChI=1S/C36H33ClFN3O5/c37-28-14-23(19-41-29-5-2-6-30(29)42)33(45-20-22-13-21(16-39)17-40-18-22)15-34(28)46-31-9-7-25-24(3-1-4-26(25)31)27-8-10-32-36(35(27)38)44-12-11-43-32/h1,3-4,8,10,13-15,17-18,29-31,41-42H,2,5-7,9,11-12,19-20H2/t29-,30-,31+/m1/s1. The molecule has 2 aliphatic carbocycles. The van der Waals surface area contributed by atoms with Gasteiger partial charge in [0.15, 0.2) is 17.3 Å². The zero-order chi connectivity index (χ0) is 31.6. The summed E-state index contributed by atoms with van der Waals surface area (Å²) < 4.78 is 39.6. The van der Waals surface area contributed by atoms with Crippen LogP contribution in [-0.4, -0.2) is 35.5 Å². The number of rotatable bonds is 9. The maximum atomic E-state index is 15.6. The number of hydrogen-bond acceptors (Lipinski definition) is 8. The highest BCUT2D eigenvalue weighted by Crippen LogP contribution is 2.45. The first-order valence-corrected chi connectivity index (χ1v) is 15.9. The third-order valence-electron chi connectivity index (χ3n) is 8.89. The molecule has 2 N–H and O–H groups in total. The summed E-state index contributed by atoms with van der Waals surface area (Å²) in [6.07, 6.45) is 6.55. The lowest BCUT2D eigenvalue weighted by Crippen LogP contribution is -2.35. The average Bonchev–Trinajstić information content (AvgIpc) is 3.70. The van der Waals surface area contributed by atoms with Gasteiger partial charge in [0.05, 0.1) is 16.7 Å². The Morgan fingerprint density at radius 1 is 1.04 bits per heavy atom.